The fourth-order valence-corrected chi connectivity index (χ4v) is 2.66. The molecule has 0 aliphatic heterocycles. The van der Waals surface area contributed by atoms with Crippen LogP contribution in [0.4, 0.5) is 0 Å². The van der Waals surface area contributed by atoms with Gasteiger partial charge in [-0.3, -0.25) is 19.4 Å². The van der Waals surface area contributed by atoms with Crippen LogP contribution < -0.4 is 5.56 Å². The van der Waals surface area contributed by atoms with Crippen LogP contribution in [0.15, 0.2) is 35.1 Å². The maximum Gasteiger partial charge on any atom is 0.275 e. The van der Waals surface area contributed by atoms with Crippen molar-refractivity contribution in [2.75, 3.05) is 0 Å². The Morgan fingerprint density at radius 1 is 1.30 bits per heavy atom. The van der Waals surface area contributed by atoms with Crippen LogP contribution in [-0.4, -0.2) is 25.7 Å². The standard InChI is InChI=1S/C15H11Cl2N3O3/c1-20-15(23)9-6-8(11(13(16)17)18-14(9)19-20)12(22)7-4-2-3-5-10(7)21/h2-6,13,21H,1H3,(H,18,19). The Morgan fingerprint density at radius 2 is 2.00 bits per heavy atom. The number of aryl methyl sites for hydroxylation is 1. The Labute approximate surface area is 140 Å². The summed E-state index contributed by atoms with van der Waals surface area (Å²) in [5.41, 5.74) is 0.233. The number of aromatic hydroxyl groups is 1. The minimum absolute atomic E-state index is 0.0747. The van der Waals surface area contributed by atoms with E-state index in [-0.39, 0.29) is 39.2 Å². The van der Waals surface area contributed by atoms with Crippen molar-refractivity contribution in [1.29, 1.82) is 0 Å². The van der Waals surface area contributed by atoms with Gasteiger partial charge in [0, 0.05) is 12.6 Å². The van der Waals surface area contributed by atoms with E-state index in [4.69, 9.17) is 23.2 Å². The second-order valence-electron chi connectivity index (χ2n) is 4.94. The van der Waals surface area contributed by atoms with Crippen LogP contribution in [0.2, 0.25) is 0 Å². The lowest BCUT2D eigenvalue weighted by molar-refractivity contribution is 0.103. The number of carbonyl (C=O) groups is 1. The summed E-state index contributed by atoms with van der Waals surface area (Å²) in [6.07, 6.45) is 0. The summed E-state index contributed by atoms with van der Waals surface area (Å²) in [6, 6.07) is 7.48. The molecule has 3 aromatic rings. The number of phenolic OH excluding ortho intramolecular Hbond substituents is 1. The number of fused-ring (bicyclic) bond motifs is 1. The predicted molar refractivity (Wildman–Crippen MR) is 87.3 cm³/mol. The van der Waals surface area contributed by atoms with Gasteiger partial charge in [-0.05, 0) is 18.2 Å². The number of hydrogen-bond donors (Lipinski definition) is 2. The SMILES string of the molecule is Cn1[nH]c2nc(C(Cl)Cl)c(C(=O)c3ccccc3O)cc2c1=O. The van der Waals surface area contributed by atoms with E-state index in [0.717, 1.165) is 0 Å². The van der Waals surface area contributed by atoms with Gasteiger partial charge in [0.1, 0.15) is 10.6 Å². The molecule has 23 heavy (non-hydrogen) atoms. The van der Waals surface area contributed by atoms with Gasteiger partial charge in [0.2, 0.25) is 0 Å². The van der Waals surface area contributed by atoms with Crippen LogP contribution in [0, 0.1) is 0 Å². The van der Waals surface area contributed by atoms with E-state index in [1.54, 1.807) is 12.1 Å². The molecule has 0 amide bonds. The normalized spacial score (nSPS) is 11.3. The number of H-pyrrole nitrogens is 1. The van der Waals surface area contributed by atoms with Crippen LogP contribution in [0.5, 0.6) is 5.75 Å². The number of nitrogens with one attached hydrogen (secondary N) is 1. The van der Waals surface area contributed by atoms with Crippen LogP contribution in [0.1, 0.15) is 26.5 Å². The number of halogens is 2. The fraction of sp³-hybridized carbons (Fsp3) is 0.133. The van der Waals surface area contributed by atoms with Gasteiger partial charge in [-0.1, -0.05) is 35.3 Å². The Bertz CT molecular complexity index is 976. The molecule has 0 spiro atoms. The highest BCUT2D eigenvalue weighted by Gasteiger charge is 2.23. The number of aromatic nitrogens is 3. The highest BCUT2D eigenvalue weighted by Crippen LogP contribution is 2.30. The number of alkyl halides is 2. The number of nitrogens with zero attached hydrogens (tertiary/aromatic N) is 2. The number of pyridine rings is 1. The van der Waals surface area contributed by atoms with Crippen molar-refractivity contribution in [2.24, 2.45) is 7.05 Å². The number of carbonyl (C=O) groups excluding carboxylic acids is 1. The molecule has 0 bridgehead atoms. The van der Waals surface area contributed by atoms with Crippen LogP contribution >= 0.6 is 23.2 Å². The molecule has 2 N–H and O–H groups in total. The van der Waals surface area contributed by atoms with Crippen molar-refractivity contribution in [3.05, 3.63) is 57.5 Å². The minimum Gasteiger partial charge on any atom is -0.507 e. The van der Waals surface area contributed by atoms with Crippen molar-refractivity contribution in [2.45, 2.75) is 4.84 Å². The van der Waals surface area contributed by atoms with Crippen LogP contribution in [0.3, 0.4) is 0 Å². The monoisotopic (exact) mass is 351 g/mol. The Balaban J connectivity index is 2.28. The molecular weight excluding hydrogens is 341 g/mol. The molecule has 2 heterocycles. The third-order valence-corrected chi connectivity index (χ3v) is 3.87. The number of phenols is 1. The van der Waals surface area contributed by atoms with E-state index in [9.17, 15) is 14.7 Å². The minimum atomic E-state index is -1.06. The maximum atomic E-state index is 12.7. The topological polar surface area (TPSA) is 88.0 Å². The van der Waals surface area contributed by atoms with E-state index in [2.05, 4.69) is 10.1 Å². The summed E-state index contributed by atoms with van der Waals surface area (Å²) in [4.78, 5) is 27.9. The van der Waals surface area contributed by atoms with E-state index < -0.39 is 10.6 Å². The number of rotatable bonds is 3. The van der Waals surface area contributed by atoms with Gasteiger partial charge in [-0.25, -0.2) is 4.98 Å². The van der Waals surface area contributed by atoms with Crippen molar-refractivity contribution in [1.82, 2.24) is 14.8 Å². The van der Waals surface area contributed by atoms with E-state index in [1.165, 1.54) is 29.9 Å². The second-order valence-corrected chi connectivity index (χ2v) is 6.04. The van der Waals surface area contributed by atoms with Gasteiger partial charge in [0.25, 0.3) is 5.56 Å². The number of benzene rings is 1. The molecule has 1 aromatic carbocycles. The maximum absolute atomic E-state index is 12.7. The molecule has 0 fully saturated rings. The lowest BCUT2D eigenvalue weighted by Gasteiger charge is -2.09. The smallest absolute Gasteiger partial charge is 0.275 e. The average molecular weight is 352 g/mol. The summed E-state index contributed by atoms with van der Waals surface area (Å²) in [5, 5.41) is 12.9. The van der Waals surface area contributed by atoms with Crippen LogP contribution in [-0.2, 0) is 7.05 Å². The van der Waals surface area contributed by atoms with Gasteiger partial charge in [0.15, 0.2) is 11.4 Å². The zero-order chi connectivity index (χ0) is 16.7. The highest BCUT2D eigenvalue weighted by atomic mass is 35.5. The number of ketones is 1. The van der Waals surface area contributed by atoms with E-state index in [0.29, 0.717) is 0 Å². The molecule has 6 nitrogen and oxygen atoms in total. The quantitative estimate of drug-likeness (QED) is 0.560. The molecule has 0 saturated heterocycles. The lowest BCUT2D eigenvalue weighted by Crippen LogP contribution is -2.12. The molecule has 0 aliphatic rings. The van der Waals surface area contributed by atoms with Gasteiger partial charge in [-0.15, -0.1) is 0 Å². The molecule has 0 radical (unpaired) electrons. The molecule has 0 aliphatic carbocycles. The summed E-state index contributed by atoms with van der Waals surface area (Å²) < 4.78 is 1.24. The first-order valence-electron chi connectivity index (χ1n) is 6.60. The van der Waals surface area contributed by atoms with Crippen molar-refractivity contribution >= 4 is 40.0 Å². The van der Waals surface area contributed by atoms with E-state index in [1.807, 2.05) is 0 Å². The van der Waals surface area contributed by atoms with E-state index >= 15 is 0 Å². The zero-order valence-corrected chi connectivity index (χ0v) is 13.4. The Hall–Kier alpha value is -2.31. The Morgan fingerprint density at radius 3 is 2.65 bits per heavy atom. The summed E-state index contributed by atoms with van der Waals surface area (Å²) in [5.74, 6) is -0.687. The largest absolute Gasteiger partial charge is 0.507 e. The number of hydrogen-bond acceptors (Lipinski definition) is 4. The average Bonchev–Trinajstić information content (AvgIpc) is 2.80. The Kier molecular flexibility index (Phi) is 3.87. The van der Waals surface area contributed by atoms with Gasteiger partial charge in [-0.2, -0.15) is 0 Å². The first-order chi connectivity index (χ1) is 10.9. The van der Waals surface area contributed by atoms with Crippen molar-refractivity contribution in [3.63, 3.8) is 0 Å². The second kappa shape index (κ2) is 5.72. The van der Waals surface area contributed by atoms with Crippen molar-refractivity contribution in [3.8, 4) is 5.75 Å². The predicted octanol–water partition coefficient (Wildman–Crippen LogP) is 2.67. The molecular formula is C15H11Cl2N3O3. The van der Waals surface area contributed by atoms with Gasteiger partial charge < -0.3 is 5.11 Å². The molecule has 2 aromatic heterocycles. The third kappa shape index (κ3) is 2.60. The lowest BCUT2D eigenvalue weighted by atomic mass is 10.0. The van der Waals surface area contributed by atoms with Gasteiger partial charge >= 0.3 is 0 Å². The molecule has 0 atom stereocenters. The summed E-state index contributed by atoms with van der Waals surface area (Å²) in [7, 11) is 1.53. The molecule has 0 saturated carbocycles. The van der Waals surface area contributed by atoms with Crippen LogP contribution in [0.25, 0.3) is 11.0 Å². The number of aromatic amines is 1. The summed E-state index contributed by atoms with van der Waals surface area (Å²) >= 11 is 11.8. The van der Waals surface area contributed by atoms with Gasteiger partial charge in [0.05, 0.1) is 16.6 Å². The number of para-hydroxylation sites is 1. The highest BCUT2D eigenvalue weighted by molar-refractivity contribution is 6.44. The molecule has 118 valence electrons. The molecule has 8 heteroatoms. The molecule has 0 unspecified atom stereocenters. The molecule has 3 rings (SSSR count). The van der Waals surface area contributed by atoms with Crippen molar-refractivity contribution < 1.29 is 9.90 Å². The first-order valence-corrected chi connectivity index (χ1v) is 7.48. The zero-order valence-electron chi connectivity index (χ0n) is 11.9. The third-order valence-electron chi connectivity index (χ3n) is 3.46. The fourth-order valence-electron chi connectivity index (χ4n) is 2.33. The first kappa shape index (κ1) is 15.6. The summed E-state index contributed by atoms with van der Waals surface area (Å²) in [6.45, 7) is 0.